The Hall–Kier alpha value is -1.69. The van der Waals surface area contributed by atoms with Crippen LogP contribution >= 0.6 is 0 Å². The molecule has 6 heteroatoms. The van der Waals surface area contributed by atoms with Crippen LogP contribution in [0, 0.1) is 18.8 Å². The Morgan fingerprint density at radius 1 is 1.10 bits per heavy atom. The molecule has 1 aliphatic carbocycles. The highest BCUT2D eigenvalue weighted by atomic mass is 32.2. The molecule has 168 valence electrons. The molecule has 1 aliphatic rings. The Morgan fingerprint density at radius 2 is 1.70 bits per heavy atom. The van der Waals surface area contributed by atoms with E-state index in [2.05, 4.69) is 5.32 Å². The smallest absolute Gasteiger partial charge is 0.251 e. The largest absolute Gasteiger partial charge is 0.350 e. The van der Waals surface area contributed by atoms with E-state index in [1.165, 1.54) is 0 Å². The van der Waals surface area contributed by atoms with E-state index in [1.807, 2.05) is 32.9 Å². The van der Waals surface area contributed by atoms with E-state index in [0.29, 0.717) is 12.0 Å². The van der Waals surface area contributed by atoms with Crippen LogP contribution in [0.1, 0.15) is 81.8 Å². The number of ketones is 1. The van der Waals surface area contributed by atoms with Crippen molar-refractivity contribution >= 4 is 21.5 Å². The van der Waals surface area contributed by atoms with Gasteiger partial charge in [0.25, 0.3) is 5.91 Å². The van der Waals surface area contributed by atoms with Crippen LogP contribution < -0.4 is 5.32 Å². The summed E-state index contributed by atoms with van der Waals surface area (Å²) in [6, 6.07) is 5.58. The maximum atomic E-state index is 12.8. The summed E-state index contributed by atoms with van der Waals surface area (Å²) in [5.41, 5.74) is 2.52. The maximum Gasteiger partial charge on any atom is 0.251 e. The normalized spacial score (nSPS) is 20.2. The van der Waals surface area contributed by atoms with Crippen molar-refractivity contribution in [3.63, 3.8) is 0 Å². The number of hydrogen-bond acceptors (Lipinski definition) is 4. The maximum absolute atomic E-state index is 12.8. The summed E-state index contributed by atoms with van der Waals surface area (Å²) >= 11 is 0. The zero-order valence-electron chi connectivity index (χ0n) is 19.2. The van der Waals surface area contributed by atoms with E-state index in [9.17, 15) is 18.0 Å². The molecule has 0 spiro atoms. The average molecular weight is 436 g/mol. The SMILES string of the molecule is Cc1cc(C(=O)NC(C)C)ccc1CC(=O)C1CCC(CS(=O)(=O)C(C)(C)C)CC1. The van der Waals surface area contributed by atoms with Crippen molar-refractivity contribution in [3.8, 4) is 0 Å². The minimum absolute atomic E-state index is 0.00177. The molecule has 30 heavy (non-hydrogen) atoms. The first-order chi connectivity index (χ1) is 13.8. The van der Waals surface area contributed by atoms with Crippen molar-refractivity contribution in [2.75, 3.05) is 5.75 Å². The molecule has 0 unspecified atom stereocenters. The number of amides is 1. The number of hydrogen-bond donors (Lipinski definition) is 1. The third-order valence-corrected chi connectivity index (χ3v) is 8.86. The van der Waals surface area contributed by atoms with Crippen LogP contribution in [0.5, 0.6) is 0 Å². The molecule has 1 aromatic rings. The molecule has 1 fully saturated rings. The van der Waals surface area contributed by atoms with Crippen molar-refractivity contribution in [2.24, 2.45) is 11.8 Å². The molecule has 0 radical (unpaired) electrons. The van der Waals surface area contributed by atoms with Crippen molar-refractivity contribution < 1.29 is 18.0 Å². The third-order valence-electron chi connectivity index (χ3n) is 6.08. The molecule has 0 bridgehead atoms. The number of sulfone groups is 1. The molecule has 0 atom stereocenters. The van der Waals surface area contributed by atoms with Gasteiger partial charge in [-0.05, 0) is 96.4 Å². The van der Waals surface area contributed by atoms with Gasteiger partial charge < -0.3 is 5.32 Å². The first-order valence-electron chi connectivity index (χ1n) is 11.0. The van der Waals surface area contributed by atoms with Gasteiger partial charge in [-0.3, -0.25) is 9.59 Å². The zero-order valence-corrected chi connectivity index (χ0v) is 20.1. The fourth-order valence-corrected chi connectivity index (χ4v) is 5.38. The molecule has 1 aromatic carbocycles. The van der Waals surface area contributed by atoms with Gasteiger partial charge >= 0.3 is 0 Å². The summed E-state index contributed by atoms with van der Waals surface area (Å²) in [5, 5.41) is 2.88. The fraction of sp³-hybridized carbons (Fsp3) is 0.667. The predicted molar refractivity (Wildman–Crippen MR) is 121 cm³/mol. The van der Waals surface area contributed by atoms with E-state index in [-0.39, 0.29) is 35.3 Å². The Morgan fingerprint density at radius 3 is 2.20 bits per heavy atom. The summed E-state index contributed by atoms with van der Waals surface area (Å²) in [7, 11) is -3.13. The van der Waals surface area contributed by atoms with E-state index in [1.54, 1.807) is 26.8 Å². The Labute approximate surface area is 181 Å². The highest BCUT2D eigenvalue weighted by Gasteiger charge is 2.34. The molecule has 1 saturated carbocycles. The van der Waals surface area contributed by atoms with Crippen LogP contribution in [0.2, 0.25) is 0 Å². The fourth-order valence-electron chi connectivity index (χ4n) is 3.92. The zero-order chi connectivity index (χ0) is 22.7. The average Bonchev–Trinajstić information content (AvgIpc) is 2.62. The van der Waals surface area contributed by atoms with Gasteiger partial charge in [-0.15, -0.1) is 0 Å². The van der Waals surface area contributed by atoms with Crippen LogP contribution in [-0.2, 0) is 21.1 Å². The van der Waals surface area contributed by atoms with Crippen molar-refractivity contribution in [1.82, 2.24) is 5.32 Å². The second-order valence-electron chi connectivity index (χ2n) is 10.0. The van der Waals surface area contributed by atoms with Crippen molar-refractivity contribution in [3.05, 3.63) is 34.9 Å². The lowest BCUT2D eigenvalue weighted by Gasteiger charge is -2.30. The van der Waals surface area contributed by atoms with Gasteiger partial charge in [0.1, 0.15) is 5.78 Å². The van der Waals surface area contributed by atoms with Crippen molar-refractivity contribution in [1.29, 1.82) is 0 Å². The van der Waals surface area contributed by atoms with Gasteiger partial charge in [-0.1, -0.05) is 6.07 Å². The van der Waals surface area contributed by atoms with Crippen LogP contribution in [0.25, 0.3) is 0 Å². The van der Waals surface area contributed by atoms with E-state index in [4.69, 9.17) is 0 Å². The Bertz CT molecular complexity index is 873. The molecule has 0 aliphatic heterocycles. The number of benzene rings is 1. The standard InChI is InChI=1S/C24H37NO4S/c1-16(2)25-23(27)21-12-11-20(17(3)13-21)14-22(26)19-9-7-18(8-10-19)15-30(28,29)24(4,5)6/h11-13,16,18-19H,7-10,14-15H2,1-6H3,(H,25,27). The topological polar surface area (TPSA) is 80.3 Å². The van der Waals surface area contributed by atoms with Gasteiger partial charge in [0.05, 0.1) is 10.5 Å². The number of carbonyl (C=O) groups excluding carboxylic acids is 2. The molecule has 1 N–H and O–H groups in total. The number of carbonyl (C=O) groups is 2. The van der Waals surface area contributed by atoms with Gasteiger partial charge in [0.15, 0.2) is 9.84 Å². The first-order valence-corrected chi connectivity index (χ1v) is 12.6. The minimum atomic E-state index is -3.13. The van der Waals surface area contributed by atoms with Gasteiger partial charge in [-0.25, -0.2) is 8.42 Å². The quantitative estimate of drug-likeness (QED) is 0.694. The lowest BCUT2D eigenvalue weighted by molar-refractivity contribution is -0.123. The highest BCUT2D eigenvalue weighted by Crippen LogP contribution is 2.33. The molecular weight excluding hydrogens is 398 g/mol. The summed E-state index contributed by atoms with van der Waals surface area (Å²) in [5.74, 6) is 0.487. The number of aryl methyl sites for hydroxylation is 1. The second kappa shape index (κ2) is 9.63. The molecule has 5 nitrogen and oxygen atoms in total. The predicted octanol–water partition coefficient (Wildman–Crippen LogP) is 4.26. The monoisotopic (exact) mass is 435 g/mol. The number of nitrogens with one attached hydrogen (secondary N) is 1. The number of rotatable bonds is 7. The van der Waals surface area contributed by atoms with E-state index < -0.39 is 14.6 Å². The highest BCUT2D eigenvalue weighted by molar-refractivity contribution is 7.92. The third kappa shape index (κ3) is 6.40. The van der Waals surface area contributed by atoms with Crippen LogP contribution in [0.3, 0.4) is 0 Å². The van der Waals surface area contributed by atoms with Gasteiger partial charge in [0, 0.05) is 23.9 Å². The van der Waals surface area contributed by atoms with Gasteiger partial charge in [0.2, 0.25) is 0 Å². The minimum Gasteiger partial charge on any atom is -0.350 e. The second-order valence-corrected chi connectivity index (χ2v) is 12.8. The van der Waals surface area contributed by atoms with Crippen LogP contribution in [0.4, 0.5) is 0 Å². The van der Waals surface area contributed by atoms with Crippen LogP contribution in [0.15, 0.2) is 18.2 Å². The molecule has 2 rings (SSSR count). The van der Waals surface area contributed by atoms with Gasteiger partial charge in [-0.2, -0.15) is 0 Å². The Balaban J connectivity index is 1.93. The molecule has 0 heterocycles. The molecule has 0 saturated heterocycles. The summed E-state index contributed by atoms with van der Waals surface area (Å²) < 4.78 is 24.2. The molecule has 1 amide bonds. The molecule has 0 aromatic heterocycles. The lowest BCUT2D eigenvalue weighted by atomic mass is 9.79. The van der Waals surface area contributed by atoms with Crippen molar-refractivity contribution in [2.45, 2.75) is 84.4 Å². The summed E-state index contributed by atoms with van der Waals surface area (Å²) in [4.78, 5) is 25.0. The lowest BCUT2D eigenvalue weighted by Crippen LogP contribution is -2.35. The van der Waals surface area contributed by atoms with Crippen LogP contribution in [-0.4, -0.2) is 36.6 Å². The first kappa shape index (κ1) is 24.6. The van der Waals surface area contributed by atoms with E-state index >= 15 is 0 Å². The summed E-state index contributed by atoms with van der Waals surface area (Å²) in [6.45, 7) is 11.0. The molecular formula is C24H37NO4S. The van der Waals surface area contributed by atoms with E-state index in [0.717, 1.165) is 36.8 Å². The number of Topliss-reactive ketones (excluding diaryl/α,β-unsaturated/α-hetero) is 1. The Kier molecular flexibility index (Phi) is 7.89. The summed E-state index contributed by atoms with van der Waals surface area (Å²) in [6.07, 6.45) is 3.47.